The Labute approximate surface area is 119 Å². The van der Waals surface area contributed by atoms with Crippen LogP contribution in [0.15, 0.2) is 41.3 Å². The Hall–Kier alpha value is -1.62. The number of hydrogen-bond donors (Lipinski definition) is 1. The van der Waals surface area contributed by atoms with Crippen molar-refractivity contribution in [3.63, 3.8) is 0 Å². The van der Waals surface area contributed by atoms with Gasteiger partial charge in [0.15, 0.2) is 11.6 Å². The molecule has 104 valence electrons. The number of benzene rings is 2. The van der Waals surface area contributed by atoms with E-state index in [2.05, 4.69) is 5.32 Å². The molecule has 1 N–H and O–H groups in total. The fourth-order valence-electron chi connectivity index (χ4n) is 2.34. The average Bonchev–Trinajstić information content (AvgIpc) is 2.44. The molecule has 1 unspecified atom stereocenters. The van der Waals surface area contributed by atoms with Crippen molar-refractivity contribution in [1.82, 2.24) is 0 Å². The molecule has 0 saturated carbocycles. The van der Waals surface area contributed by atoms with Crippen LogP contribution in [0.5, 0.6) is 0 Å². The molecule has 1 aliphatic heterocycles. The molecule has 20 heavy (non-hydrogen) atoms. The van der Waals surface area contributed by atoms with Crippen molar-refractivity contribution in [3.8, 4) is 0 Å². The van der Waals surface area contributed by atoms with Gasteiger partial charge in [0.05, 0.1) is 11.7 Å². The van der Waals surface area contributed by atoms with Crippen LogP contribution in [0, 0.1) is 17.5 Å². The third-order valence-electron chi connectivity index (χ3n) is 3.28. The second-order valence-electron chi connectivity index (χ2n) is 4.62. The van der Waals surface area contributed by atoms with Gasteiger partial charge >= 0.3 is 0 Å². The van der Waals surface area contributed by atoms with Crippen molar-refractivity contribution >= 4 is 17.4 Å². The normalized spacial score (nSPS) is 17.6. The molecule has 1 aliphatic rings. The maximum Gasteiger partial charge on any atom is 0.182 e. The Morgan fingerprint density at radius 3 is 2.75 bits per heavy atom. The van der Waals surface area contributed by atoms with Crippen LogP contribution in [0.4, 0.5) is 18.9 Å². The summed E-state index contributed by atoms with van der Waals surface area (Å²) < 4.78 is 40.1. The molecule has 1 heterocycles. The van der Waals surface area contributed by atoms with Gasteiger partial charge in [-0.2, -0.15) is 0 Å². The lowest BCUT2D eigenvalue weighted by atomic mass is 10.0. The minimum Gasteiger partial charge on any atom is -0.376 e. The van der Waals surface area contributed by atoms with Gasteiger partial charge in [0.2, 0.25) is 0 Å². The quantitative estimate of drug-likeness (QED) is 0.802. The van der Waals surface area contributed by atoms with E-state index in [1.807, 2.05) is 24.3 Å². The largest absolute Gasteiger partial charge is 0.376 e. The SMILES string of the molecule is Fc1cc(F)c(F)c(NC2CCSc3ccccc32)c1. The van der Waals surface area contributed by atoms with Gasteiger partial charge in [0.25, 0.3) is 0 Å². The molecule has 2 aromatic rings. The predicted molar refractivity (Wildman–Crippen MR) is 74.5 cm³/mol. The first-order chi connectivity index (χ1) is 9.65. The Morgan fingerprint density at radius 2 is 1.90 bits per heavy atom. The van der Waals surface area contributed by atoms with Crippen molar-refractivity contribution in [2.45, 2.75) is 17.4 Å². The minimum absolute atomic E-state index is 0.130. The lowest BCUT2D eigenvalue weighted by Gasteiger charge is -2.27. The molecule has 0 aromatic heterocycles. The van der Waals surface area contributed by atoms with Gasteiger partial charge in [0.1, 0.15) is 5.82 Å². The summed E-state index contributed by atoms with van der Waals surface area (Å²) in [7, 11) is 0. The monoisotopic (exact) mass is 295 g/mol. The van der Waals surface area contributed by atoms with Gasteiger partial charge in [-0.25, -0.2) is 13.2 Å². The topological polar surface area (TPSA) is 12.0 Å². The van der Waals surface area contributed by atoms with Crippen LogP contribution < -0.4 is 5.32 Å². The molecule has 1 nitrogen and oxygen atoms in total. The molecule has 1 atom stereocenters. The van der Waals surface area contributed by atoms with E-state index in [1.165, 1.54) is 0 Å². The van der Waals surface area contributed by atoms with E-state index in [0.29, 0.717) is 6.07 Å². The molecule has 5 heteroatoms. The lowest BCUT2D eigenvalue weighted by molar-refractivity contribution is 0.495. The zero-order chi connectivity index (χ0) is 14.1. The standard InChI is InChI=1S/C15H12F3NS/c16-9-7-11(17)15(18)13(8-9)19-12-5-6-20-14-4-2-1-3-10(12)14/h1-4,7-8,12,19H,5-6H2. The van der Waals surface area contributed by atoms with E-state index in [9.17, 15) is 13.2 Å². The van der Waals surface area contributed by atoms with Gasteiger partial charge in [-0.05, 0) is 18.1 Å². The summed E-state index contributed by atoms with van der Waals surface area (Å²) >= 11 is 1.73. The molecular weight excluding hydrogens is 283 g/mol. The Kier molecular flexibility index (Phi) is 3.61. The van der Waals surface area contributed by atoms with E-state index < -0.39 is 17.5 Å². The van der Waals surface area contributed by atoms with E-state index in [0.717, 1.165) is 28.7 Å². The van der Waals surface area contributed by atoms with E-state index in [-0.39, 0.29) is 11.7 Å². The summed E-state index contributed by atoms with van der Waals surface area (Å²) in [4.78, 5) is 1.12. The first-order valence-electron chi connectivity index (χ1n) is 6.28. The molecule has 0 bridgehead atoms. The molecule has 0 saturated heterocycles. The number of hydrogen-bond acceptors (Lipinski definition) is 2. The number of thioether (sulfide) groups is 1. The average molecular weight is 295 g/mol. The second kappa shape index (κ2) is 5.40. The zero-order valence-corrected chi connectivity index (χ0v) is 11.3. The van der Waals surface area contributed by atoms with Gasteiger partial charge < -0.3 is 5.32 Å². The first-order valence-corrected chi connectivity index (χ1v) is 7.26. The molecule has 0 amide bonds. The van der Waals surface area contributed by atoms with Crippen LogP contribution >= 0.6 is 11.8 Å². The summed E-state index contributed by atoms with van der Waals surface area (Å²) in [5.74, 6) is -2.12. The smallest absolute Gasteiger partial charge is 0.182 e. The lowest BCUT2D eigenvalue weighted by Crippen LogP contribution is -2.17. The second-order valence-corrected chi connectivity index (χ2v) is 5.76. The van der Waals surface area contributed by atoms with Crippen LogP contribution in [-0.4, -0.2) is 5.75 Å². The van der Waals surface area contributed by atoms with Gasteiger partial charge in [0, 0.05) is 22.8 Å². The number of halogens is 3. The van der Waals surface area contributed by atoms with Crippen LogP contribution in [-0.2, 0) is 0 Å². The van der Waals surface area contributed by atoms with Gasteiger partial charge in [-0.3, -0.25) is 0 Å². The summed E-state index contributed by atoms with van der Waals surface area (Å²) in [6.07, 6.45) is 0.777. The van der Waals surface area contributed by atoms with Crippen molar-refractivity contribution < 1.29 is 13.2 Å². The number of anilines is 1. The molecule has 3 rings (SSSR count). The van der Waals surface area contributed by atoms with Crippen molar-refractivity contribution in [2.75, 3.05) is 11.1 Å². The first kappa shape index (κ1) is 13.4. The Morgan fingerprint density at radius 1 is 1.10 bits per heavy atom. The fraction of sp³-hybridized carbons (Fsp3) is 0.200. The number of fused-ring (bicyclic) bond motifs is 1. The van der Waals surface area contributed by atoms with Crippen LogP contribution in [0.25, 0.3) is 0 Å². The highest BCUT2D eigenvalue weighted by molar-refractivity contribution is 7.99. The molecule has 0 radical (unpaired) electrons. The van der Waals surface area contributed by atoms with Gasteiger partial charge in [-0.15, -0.1) is 11.8 Å². The molecule has 0 spiro atoms. The maximum absolute atomic E-state index is 13.7. The van der Waals surface area contributed by atoms with E-state index >= 15 is 0 Å². The molecule has 0 aliphatic carbocycles. The third kappa shape index (κ3) is 2.50. The Bertz CT molecular complexity index is 645. The van der Waals surface area contributed by atoms with Crippen LogP contribution in [0.1, 0.15) is 18.0 Å². The number of rotatable bonds is 2. The summed E-state index contributed by atoms with van der Waals surface area (Å²) in [5.41, 5.74) is 0.905. The predicted octanol–water partition coefficient (Wildman–Crippen LogP) is 4.75. The van der Waals surface area contributed by atoms with Crippen molar-refractivity contribution in [2.24, 2.45) is 0 Å². The highest BCUT2D eigenvalue weighted by atomic mass is 32.2. The van der Waals surface area contributed by atoms with Crippen molar-refractivity contribution in [1.29, 1.82) is 0 Å². The maximum atomic E-state index is 13.7. The van der Waals surface area contributed by atoms with E-state index in [1.54, 1.807) is 11.8 Å². The summed E-state index contributed by atoms with van der Waals surface area (Å²) in [6, 6.07) is 9.19. The highest BCUT2D eigenvalue weighted by Gasteiger charge is 2.22. The molecule has 2 aromatic carbocycles. The zero-order valence-electron chi connectivity index (χ0n) is 10.5. The fourth-order valence-corrected chi connectivity index (χ4v) is 3.47. The van der Waals surface area contributed by atoms with Crippen molar-refractivity contribution in [3.05, 3.63) is 59.4 Å². The summed E-state index contributed by atoms with van der Waals surface area (Å²) in [5, 5.41) is 2.92. The van der Waals surface area contributed by atoms with Crippen LogP contribution in [0.2, 0.25) is 0 Å². The minimum atomic E-state index is -1.18. The number of nitrogens with one attached hydrogen (secondary N) is 1. The van der Waals surface area contributed by atoms with Gasteiger partial charge in [-0.1, -0.05) is 18.2 Å². The summed E-state index contributed by atoms with van der Waals surface area (Å²) in [6.45, 7) is 0. The van der Waals surface area contributed by atoms with Crippen LogP contribution in [0.3, 0.4) is 0 Å². The molecular formula is C15H12F3NS. The Balaban J connectivity index is 1.93. The molecule has 0 fully saturated rings. The van der Waals surface area contributed by atoms with E-state index in [4.69, 9.17) is 0 Å². The highest BCUT2D eigenvalue weighted by Crippen LogP contribution is 2.38. The third-order valence-corrected chi connectivity index (χ3v) is 4.40.